The summed E-state index contributed by atoms with van der Waals surface area (Å²) in [5.41, 5.74) is -0.106. The number of carboxylic acids is 1. The third kappa shape index (κ3) is 2.15. The number of aromatic hydroxyl groups is 2. The Labute approximate surface area is 110 Å². The van der Waals surface area contributed by atoms with E-state index in [-0.39, 0.29) is 23.0 Å². The summed E-state index contributed by atoms with van der Waals surface area (Å²) in [5, 5.41) is 30.8. The van der Waals surface area contributed by atoms with E-state index in [1.165, 1.54) is 0 Å². The fourth-order valence-electron chi connectivity index (χ4n) is 2.08. The average molecular weight is 320 g/mol. The number of hydrogen-bond donors (Lipinski definition) is 4. The molecule has 1 saturated heterocycles. The summed E-state index contributed by atoms with van der Waals surface area (Å²) in [5.74, 6) is -3.30. The van der Waals surface area contributed by atoms with E-state index in [9.17, 15) is 19.4 Å². The van der Waals surface area contributed by atoms with E-state index >= 15 is 0 Å². The van der Waals surface area contributed by atoms with E-state index in [0.29, 0.717) is 0 Å². The molecule has 0 bridgehead atoms. The van der Waals surface area contributed by atoms with Crippen molar-refractivity contribution in [2.24, 2.45) is 5.92 Å². The van der Waals surface area contributed by atoms with E-state index in [1.54, 1.807) is 0 Å². The Morgan fingerprint density at radius 3 is 2.72 bits per heavy atom. The standard InChI is InChI=1S/C11H11BrFNO4/c12-5-2-7(15)10(16)8(9(5)13)6-1-4(3-14-6)11(17)18/h2,4,6,14-16H,1,3H2,(H,17,18). The molecular weight excluding hydrogens is 309 g/mol. The molecule has 0 amide bonds. The largest absolute Gasteiger partial charge is 0.504 e. The molecule has 0 radical (unpaired) electrons. The Bertz CT molecular complexity index is 482. The van der Waals surface area contributed by atoms with Crippen LogP contribution >= 0.6 is 15.9 Å². The number of carboxylic acid groups (broad SMARTS) is 1. The molecule has 5 nitrogen and oxygen atoms in total. The summed E-state index contributed by atoms with van der Waals surface area (Å²) in [4.78, 5) is 10.8. The molecule has 2 atom stereocenters. The van der Waals surface area contributed by atoms with Crippen LogP contribution in [0, 0.1) is 11.7 Å². The fourth-order valence-corrected chi connectivity index (χ4v) is 2.51. The second kappa shape index (κ2) is 4.74. The fraction of sp³-hybridized carbons (Fsp3) is 0.364. The number of nitrogens with one attached hydrogen (secondary N) is 1. The van der Waals surface area contributed by atoms with Gasteiger partial charge in [0.25, 0.3) is 0 Å². The topological polar surface area (TPSA) is 89.8 Å². The first kappa shape index (κ1) is 13.1. The van der Waals surface area contributed by atoms with E-state index in [2.05, 4.69) is 21.2 Å². The van der Waals surface area contributed by atoms with Crippen molar-refractivity contribution < 1.29 is 24.5 Å². The summed E-state index contributed by atoms with van der Waals surface area (Å²) in [6.07, 6.45) is 0.162. The normalized spacial score (nSPS) is 23.2. The predicted molar refractivity (Wildman–Crippen MR) is 63.9 cm³/mol. The Kier molecular flexibility index (Phi) is 3.45. The third-order valence-electron chi connectivity index (χ3n) is 3.04. The molecule has 2 rings (SSSR count). The van der Waals surface area contributed by atoms with Crippen LogP contribution < -0.4 is 5.32 Å². The zero-order valence-electron chi connectivity index (χ0n) is 9.15. The van der Waals surface area contributed by atoms with Gasteiger partial charge in [0.15, 0.2) is 11.5 Å². The van der Waals surface area contributed by atoms with Gasteiger partial charge in [-0.1, -0.05) is 0 Å². The average Bonchev–Trinajstić information content (AvgIpc) is 2.76. The molecule has 1 aromatic rings. The minimum Gasteiger partial charge on any atom is -0.504 e. The summed E-state index contributed by atoms with van der Waals surface area (Å²) in [6, 6.07) is 0.423. The van der Waals surface area contributed by atoms with Crippen LogP contribution in [-0.2, 0) is 4.79 Å². The van der Waals surface area contributed by atoms with E-state index in [1.807, 2.05) is 0 Å². The first-order chi connectivity index (χ1) is 8.41. The van der Waals surface area contributed by atoms with E-state index in [4.69, 9.17) is 5.11 Å². The third-order valence-corrected chi connectivity index (χ3v) is 3.61. The van der Waals surface area contributed by atoms with Gasteiger partial charge >= 0.3 is 5.97 Å². The number of phenols is 2. The molecular formula is C11H11BrFNO4. The van der Waals surface area contributed by atoms with Gasteiger partial charge in [-0.05, 0) is 22.4 Å². The number of phenolic OH excluding ortho intramolecular Hbond substituents is 2. The molecule has 0 saturated carbocycles. The molecule has 1 heterocycles. The van der Waals surface area contributed by atoms with Crippen molar-refractivity contribution in [3.8, 4) is 11.5 Å². The molecule has 4 N–H and O–H groups in total. The van der Waals surface area contributed by atoms with Crippen LogP contribution in [-0.4, -0.2) is 27.8 Å². The predicted octanol–water partition coefficient (Wildman–Crippen LogP) is 1.73. The van der Waals surface area contributed by atoms with E-state index < -0.39 is 35.2 Å². The number of benzene rings is 1. The van der Waals surface area contributed by atoms with Gasteiger partial charge in [-0.2, -0.15) is 0 Å². The number of rotatable bonds is 2. The van der Waals surface area contributed by atoms with Gasteiger partial charge in [-0.3, -0.25) is 4.79 Å². The van der Waals surface area contributed by atoms with Crippen molar-refractivity contribution in [2.45, 2.75) is 12.5 Å². The van der Waals surface area contributed by atoms with Crippen LogP contribution in [0.15, 0.2) is 10.5 Å². The highest BCUT2D eigenvalue weighted by Gasteiger charge is 2.34. The molecule has 18 heavy (non-hydrogen) atoms. The molecule has 1 aliphatic rings. The molecule has 1 aromatic carbocycles. The molecule has 1 aliphatic heterocycles. The van der Waals surface area contributed by atoms with Crippen molar-refractivity contribution in [3.63, 3.8) is 0 Å². The van der Waals surface area contributed by atoms with Crippen molar-refractivity contribution in [1.82, 2.24) is 5.32 Å². The number of carbonyl (C=O) groups is 1. The zero-order valence-corrected chi connectivity index (χ0v) is 10.7. The van der Waals surface area contributed by atoms with Gasteiger partial charge in [-0.15, -0.1) is 0 Å². The van der Waals surface area contributed by atoms with Crippen LogP contribution in [0.4, 0.5) is 4.39 Å². The lowest BCUT2D eigenvalue weighted by atomic mass is 9.98. The highest BCUT2D eigenvalue weighted by Crippen LogP contribution is 2.42. The van der Waals surface area contributed by atoms with Gasteiger partial charge in [0.05, 0.1) is 16.0 Å². The second-order valence-corrected chi connectivity index (χ2v) is 5.04. The highest BCUT2D eigenvalue weighted by molar-refractivity contribution is 9.10. The zero-order chi connectivity index (χ0) is 13.4. The molecule has 7 heteroatoms. The van der Waals surface area contributed by atoms with Crippen molar-refractivity contribution in [2.75, 3.05) is 6.54 Å². The van der Waals surface area contributed by atoms with Crippen LogP contribution in [0.1, 0.15) is 18.0 Å². The molecule has 0 aromatic heterocycles. The quantitative estimate of drug-likeness (QED) is 0.623. The van der Waals surface area contributed by atoms with Crippen molar-refractivity contribution >= 4 is 21.9 Å². The molecule has 0 spiro atoms. The van der Waals surface area contributed by atoms with Crippen LogP contribution in [0.2, 0.25) is 0 Å². The minimum atomic E-state index is -0.968. The summed E-state index contributed by atoms with van der Waals surface area (Å²) in [6.45, 7) is 0.201. The maximum atomic E-state index is 13.9. The second-order valence-electron chi connectivity index (χ2n) is 4.19. The Hall–Kier alpha value is -1.34. The Morgan fingerprint density at radius 1 is 1.50 bits per heavy atom. The summed E-state index contributed by atoms with van der Waals surface area (Å²) in [7, 11) is 0. The van der Waals surface area contributed by atoms with Gasteiger partial charge in [-0.25, -0.2) is 4.39 Å². The number of hydrogen-bond acceptors (Lipinski definition) is 4. The SMILES string of the molecule is O=C(O)C1CNC(c2c(O)c(O)cc(Br)c2F)C1. The maximum absolute atomic E-state index is 13.9. The molecule has 98 valence electrons. The summed E-state index contributed by atoms with van der Waals surface area (Å²) < 4.78 is 13.9. The van der Waals surface area contributed by atoms with Gasteiger partial charge in [0, 0.05) is 18.7 Å². The lowest BCUT2D eigenvalue weighted by molar-refractivity contribution is -0.141. The first-order valence-electron chi connectivity index (χ1n) is 5.27. The van der Waals surface area contributed by atoms with Crippen molar-refractivity contribution in [1.29, 1.82) is 0 Å². The lowest BCUT2D eigenvalue weighted by Gasteiger charge is -2.15. The van der Waals surface area contributed by atoms with Crippen LogP contribution in [0.3, 0.4) is 0 Å². The molecule has 0 aliphatic carbocycles. The number of halogens is 2. The minimum absolute atomic E-state index is 0.0216. The Morgan fingerprint density at radius 2 is 2.17 bits per heavy atom. The number of aliphatic carboxylic acids is 1. The van der Waals surface area contributed by atoms with Gasteiger partial charge < -0.3 is 20.6 Å². The lowest BCUT2D eigenvalue weighted by Crippen LogP contribution is -2.17. The first-order valence-corrected chi connectivity index (χ1v) is 6.07. The van der Waals surface area contributed by atoms with Gasteiger partial charge in [0.1, 0.15) is 5.82 Å². The maximum Gasteiger partial charge on any atom is 0.307 e. The smallest absolute Gasteiger partial charge is 0.307 e. The monoisotopic (exact) mass is 319 g/mol. The van der Waals surface area contributed by atoms with Crippen LogP contribution in [0.25, 0.3) is 0 Å². The van der Waals surface area contributed by atoms with Gasteiger partial charge in [0.2, 0.25) is 0 Å². The molecule has 1 fully saturated rings. The molecule has 2 unspecified atom stereocenters. The van der Waals surface area contributed by atoms with Crippen LogP contribution in [0.5, 0.6) is 11.5 Å². The highest BCUT2D eigenvalue weighted by atomic mass is 79.9. The van der Waals surface area contributed by atoms with Crippen molar-refractivity contribution in [3.05, 3.63) is 21.9 Å². The summed E-state index contributed by atoms with van der Waals surface area (Å²) >= 11 is 2.93. The Balaban J connectivity index is 2.38. The van der Waals surface area contributed by atoms with E-state index in [0.717, 1.165) is 6.07 Å².